The molecule has 1 amide bonds. The summed E-state index contributed by atoms with van der Waals surface area (Å²) in [5.74, 6) is -2.21. The van der Waals surface area contributed by atoms with Gasteiger partial charge in [0.2, 0.25) is 0 Å². The lowest BCUT2D eigenvalue weighted by atomic mass is 10.1. The molecule has 0 bridgehead atoms. The number of nitrogens with two attached hydrogens (primary N) is 1. The molecular weight excluding hydrogens is 369 g/mol. The topological polar surface area (TPSA) is 116 Å². The molecule has 2 radical (unpaired) electrons. The van der Waals surface area contributed by atoms with E-state index in [0.717, 1.165) is 23.1 Å². The number of amides is 1. The fraction of sp³-hybridized carbons (Fsp3) is 0.0625. The molecule has 138 valence electrons. The molecule has 0 saturated carbocycles. The fourth-order valence-corrected chi connectivity index (χ4v) is 2.78. The molecule has 0 aliphatic rings. The first-order valence-electron chi connectivity index (χ1n) is 7.88. The van der Waals surface area contributed by atoms with Crippen LogP contribution in [0.15, 0.2) is 31.0 Å². The Labute approximate surface area is 157 Å². The predicted molar refractivity (Wildman–Crippen MR) is 97.1 cm³/mol. The zero-order valence-electron chi connectivity index (χ0n) is 14.4. The van der Waals surface area contributed by atoms with Gasteiger partial charge in [0.05, 0.1) is 47.9 Å². The van der Waals surface area contributed by atoms with Crippen LogP contribution in [0.1, 0.15) is 10.4 Å². The summed E-state index contributed by atoms with van der Waals surface area (Å²) < 4.78 is 30.3. The minimum atomic E-state index is -0.713. The van der Waals surface area contributed by atoms with Crippen LogP contribution in [0.2, 0.25) is 0 Å². The molecule has 0 spiro atoms. The molecule has 0 aliphatic carbocycles. The molecule has 0 fully saturated rings. The normalized spacial score (nSPS) is 11.1. The van der Waals surface area contributed by atoms with E-state index in [2.05, 4.69) is 25.4 Å². The number of nitrogens with zero attached hydrogens (tertiary/aromatic N) is 6. The maximum absolute atomic E-state index is 14.5. The Hall–Kier alpha value is -3.83. The SMILES string of the molecule is [B]c1ncc(-c2c(F)cncc2NC(=O)c2c(N)nn3cc(F)cnc23)n1C. The van der Waals surface area contributed by atoms with Crippen LogP contribution in [0.5, 0.6) is 0 Å². The van der Waals surface area contributed by atoms with E-state index in [1.54, 1.807) is 7.05 Å². The molecule has 0 atom stereocenters. The van der Waals surface area contributed by atoms with Crippen molar-refractivity contribution in [1.29, 1.82) is 0 Å². The van der Waals surface area contributed by atoms with Gasteiger partial charge in [-0.25, -0.2) is 18.3 Å². The van der Waals surface area contributed by atoms with E-state index < -0.39 is 17.5 Å². The van der Waals surface area contributed by atoms with Crippen molar-refractivity contribution >= 4 is 36.6 Å². The number of nitrogens with one attached hydrogen (secondary N) is 1. The monoisotopic (exact) mass is 380 g/mol. The summed E-state index contributed by atoms with van der Waals surface area (Å²) in [6, 6.07) is 0. The molecule has 4 heterocycles. The second-order valence-electron chi connectivity index (χ2n) is 5.86. The predicted octanol–water partition coefficient (Wildman–Crippen LogP) is 0.431. The van der Waals surface area contributed by atoms with Gasteiger partial charge in [0.15, 0.2) is 30.9 Å². The molecular formula is C16H11BF2N8O. The van der Waals surface area contributed by atoms with Crippen molar-refractivity contribution in [2.24, 2.45) is 7.05 Å². The van der Waals surface area contributed by atoms with E-state index in [-0.39, 0.29) is 34.0 Å². The first kappa shape index (κ1) is 17.6. The Bertz CT molecular complexity index is 1240. The van der Waals surface area contributed by atoms with Crippen molar-refractivity contribution in [1.82, 2.24) is 29.1 Å². The summed E-state index contributed by atoms with van der Waals surface area (Å²) in [6.45, 7) is 0. The second-order valence-corrected chi connectivity index (χ2v) is 5.86. The third kappa shape index (κ3) is 2.75. The van der Waals surface area contributed by atoms with Gasteiger partial charge in [0.25, 0.3) is 5.91 Å². The Morgan fingerprint density at radius 3 is 2.71 bits per heavy atom. The number of fused-ring (bicyclic) bond motifs is 1. The van der Waals surface area contributed by atoms with Gasteiger partial charge in [-0.3, -0.25) is 14.8 Å². The van der Waals surface area contributed by atoms with Crippen LogP contribution in [0.4, 0.5) is 20.3 Å². The molecule has 0 unspecified atom stereocenters. The third-order valence-electron chi connectivity index (χ3n) is 4.12. The van der Waals surface area contributed by atoms with Crippen molar-refractivity contribution in [3.63, 3.8) is 0 Å². The van der Waals surface area contributed by atoms with Crippen LogP contribution in [-0.4, -0.2) is 42.9 Å². The number of nitrogen functional groups attached to an aromatic ring is 1. The molecule has 4 rings (SSSR count). The largest absolute Gasteiger partial charge is 0.381 e. The van der Waals surface area contributed by atoms with Gasteiger partial charge in [-0.05, 0) is 0 Å². The highest BCUT2D eigenvalue weighted by atomic mass is 19.1. The molecule has 9 nitrogen and oxygen atoms in total. The van der Waals surface area contributed by atoms with Gasteiger partial charge in [0, 0.05) is 12.8 Å². The van der Waals surface area contributed by atoms with Crippen molar-refractivity contribution in [3.8, 4) is 11.3 Å². The fourth-order valence-electron chi connectivity index (χ4n) is 2.78. The lowest BCUT2D eigenvalue weighted by molar-refractivity contribution is 0.102. The van der Waals surface area contributed by atoms with Gasteiger partial charge in [-0.2, -0.15) is 0 Å². The number of carbonyl (C=O) groups excluding carboxylic acids is 1. The van der Waals surface area contributed by atoms with Crippen LogP contribution in [-0.2, 0) is 7.05 Å². The van der Waals surface area contributed by atoms with Crippen LogP contribution in [0.25, 0.3) is 16.9 Å². The van der Waals surface area contributed by atoms with Crippen molar-refractivity contribution < 1.29 is 13.6 Å². The number of pyridine rings is 1. The molecule has 12 heteroatoms. The summed E-state index contributed by atoms with van der Waals surface area (Å²) in [5, 5.41) is 6.41. The number of halogens is 2. The molecule has 0 aromatic carbocycles. The number of hydrogen-bond donors (Lipinski definition) is 2. The van der Waals surface area contributed by atoms with Gasteiger partial charge >= 0.3 is 0 Å². The highest BCUT2D eigenvalue weighted by Crippen LogP contribution is 2.30. The number of hydrogen-bond acceptors (Lipinski definition) is 6. The van der Waals surface area contributed by atoms with Gasteiger partial charge in [0.1, 0.15) is 5.56 Å². The quantitative estimate of drug-likeness (QED) is 0.498. The number of anilines is 2. The highest BCUT2D eigenvalue weighted by molar-refractivity contribution is 6.29. The zero-order chi connectivity index (χ0) is 20.0. The summed E-state index contributed by atoms with van der Waals surface area (Å²) in [4.78, 5) is 24.3. The first-order chi connectivity index (χ1) is 13.4. The maximum atomic E-state index is 14.5. The van der Waals surface area contributed by atoms with Gasteiger partial charge < -0.3 is 15.6 Å². The van der Waals surface area contributed by atoms with Gasteiger partial charge in [-0.1, -0.05) is 0 Å². The Kier molecular flexibility index (Phi) is 4.02. The molecule has 3 N–H and O–H groups in total. The summed E-state index contributed by atoms with van der Waals surface area (Å²) >= 11 is 0. The van der Waals surface area contributed by atoms with Crippen molar-refractivity contribution in [2.45, 2.75) is 0 Å². The standard InChI is InChI=1S/C16H11BF2N8O/c1-26-10(5-23-16(26)17)11-8(19)3-21-4-9(11)24-15(28)12-13(20)25-27-6-7(18)2-22-14(12)27/h2-6H,1H3,(H2,20,25)(H,24,28). The summed E-state index contributed by atoms with van der Waals surface area (Å²) in [5.41, 5.74) is 6.36. The second kappa shape index (κ2) is 6.41. The van der Waals surface area contributed by atoms with E-state index in [0.29, 0.717) is 5.69 Å². The Morgan fingerprint density at radius 2 is 2.00 bits per heavy atom. The first-order valence-corrected chi connectivity index (χ1v) is 7.88. The zero-order valence-corrected chi connectivity index (χ0v) is 14.4. The van der Waals surface area contributed by atoms with E-state index in [1.807, 2.05) is 0 Å². The van der Waals surface area contributed by atoms with Crippen LogP contribution < -0.4 is 16.8 Å². The van der Waals surface area contributed by atoms with Gasteiger partial charge in [-0.15, -0.1) is 5.10 Å². The van der Waals surface area contributed by atoms with E-state index >= 15 is 0 Å². The number of rotatable bonds is 3. The molecule has 28 heavy (non-hydrogen) atoms. The number of imidazole rings is 1. The molecule has 4 aromatic heterocycles. The van der Waals surface area contributed by atoms with E-state index in [9.17, 15) is 13.6 Å². The van der Waals surface area contributed by atoms with E-state index in [4.69, 9.17) is 13.6 Å². The molecule has 4 aromatic rings. The average molecular weight is 380 g/mol. The molecule has 0 saturated heterocycles. The van der Waals surface area contributed by atoms with Crippen LogP contribution >= 0.6 is 0 Å². The van der Waals surface area contributed by atoms with Crippen LogP contribution in [0, 0.1) is 11.6 Å². The highest BCUT2D eigenvalue weighted by Gasteiger charge is 2.23. The molecule has 0 aliphatic heterocycles. The van der Waals surface area contributed by atoms with Crippen molar-refractivity contribution in [3.05, 3.63) is 48.2 Å². The number of aromatic nitrogens is 6. The minimum Gasteiger partial charge on any atom is -0.381 e. The summed E-state index contributed by atoms with van der Waals surface area (Å²) in [7, 11) is 7.31. The van der Waals surface area contributed by atoms with Crippen LogP contribution in [0.3, 0.4) is 0 Å². The van der Waals surface area contributed by atoms with E-state index in [1.165, 1.54) is 17.0 Å². The summed E-state index contributed by atoms with van der Waals surface area (Å²) in [6.07, 6.45) is 5.61. The lowest BCUT2D eigenvalue weighted by Crippen LogP contribution is -2.18. The third-order valence-corrected chi connectivity index (χ3v) is 4.12. The Morgan fingerprint density at radius 1 is 1.21 bits per heavy atom. The minimum absolute atomic E-state index is 0.0455. The van der Waals surface area contributed by atoms with Crippen molar-refractivity contribution in [2.75, 3.05) is 11.1 Å². The lowest BCUT2D eigenvalue weighted by Gasteiger charge is -2.12. The number of carbonyl (C=O) groups is 1. The Balaban J connectivity index is 1.79. The maximum Gasteiger partial charge on any atom is 0.263 e. The average Bonchev–Trinajstić information content (AvgIpc) is 3.14. The smallest absolute Gasteiger partial charge is 0.263 e.